The van der Waals surface area contributed by atoms with E-state index < -0.39 is 10.0 Å². The Balaban J connectivity index is 1.76. The summed E-state index contributed by atoms with van der Waals surface area (Å²) in [4.78, 5) is 12.4. The first-order valence-electron chi connectivity index (χ1n) is 9.18. The highest BCUT2D eigenvalue weighted by atomic mass is 35.5. The Morgan fingerprint density at radius 3 is 2.03 bits per heavy atom. The number of hydrogen-bond donors (Lipinski definition) is 1. The molecule has 9 heteroatoms. The minimum Gasteiger partial charge on any atom is -0.348 e. The van der Waals surface area contributed by atoms with Gasteiger partial charge in [-0.05, 0) is 54.1 Å². The first-order chi connectivity index (χ1) is 14.6. The van der Waals surface area contributed by atoms with Crippen LogP contribution in [0.2, 0.25) is 15.1 Å². The maximum atomic E-state index is 12.4. The molecule has 3 aromatic rings. The van der Waals surface area contributed by atoms with Gasteiger partial charge in [0.25, 0.3) is 5.91 Å². The second-order valence-electron chi connectivity index (χ2n) is 6.83. The van der Waals surface area contributed by atoms with Gasteiger partial charge in [-0.3, -0.25) is 9.10 Å². The van der Waals surface area contributed by atoms with E-state index in [2.05, 4.69) is 5.32 Å². The highest BCUT2D eigenvalue weighted by Gasteiger charge is 2.21. The van der Waals surface area contributed by atoms with E-state index in [9.17, 15) is 13.2 Å². The van der Waals surface area contributed by atoms with E-state index in [1.165, 1.54) is 4.31 Å². The molecule has 0 aromatic heterocycles. The molecule has 0 atom stereocenters. The zero-order chi connectivity index (χ0) is 22.6. The maximum absolute atomic E-state index is 12.4. The van der Waals surface area contributed by atoms with Crippen LogP contribution in [0.5, 0.6) is 0 Å². The number of carbonyl (C=O) groups is 1. The smallest absolute Gasteiger partial charge is 0.251 e. The van der Waals surface area contributed by atoms with Crippen molar-refractivity contribution in [2.75, 3.05) is 10.6 Å². The van der Waals surface area contributed by atoms with Crippen molar-refractivity contribution < 1.29 is 13.2 Å². The van der Waals surface area contributed by atoms with E-state index in [0.29, 0.717) is 38.4 Å². The van der Waals surface area contributed by atoms with Gasteiger partial charge in [-0.25, -0.2) is 8.42 Å². The summed E-state index contributed by atoms with van der Waals surface area (Å²) in [6.45, 7) is 0.317. The molecule has 0 radical (unpaired) electrons. The van der Waals surface area contributed by atoms with Gasteiger partial charge in [-0.2, -0.15) is 0 Å². The Hall–Kier alpha value is -2.25. The lowest BCUT2D eigenvalue weighted by Crippen LogP contribution is -2.29. The Kier molecular flexibility index (Phi) is 7.49. The van der Waals surface area contributed by atoms with Gasteiger partial charge in [0.1, 0.15) is 0 Å². The summed E-state index contributed by atoms with van der Waals surface area (Å²) in [5.41, 5.74) is 2.21. The number of carbonyl (C=O) groups excluding carboxylic acids is 1. The molecule has 0 saturated carbocycles. The zero-order valence-electron chi connectivity index (χ0n) is 16.5. The largest absolute Gasteiger partial charge is 0.348 e. The highest BCUT2D eigenvalue weighted by Crippen LogP contribution is 2.29. The Labute approximate surface area is 196 Å². The number of rotatable bonds is 7. The van der Waals surface area contributed by atoms with Crippen molar-refractivity contribution in [3.05, 3.63) is 98.5 Å². The van der Waals surface area contributed by atoms with E-state index in [0.717, 1.165) is 11.8 Å². The lowest BCUT2D eigenvalue weighted by molar-refractivity contribution is 0.0951. The van der Waals surface area contributed by atoms with Crippen LogP contribution < -0.4 is 9.62 Å². The molecule has 0 fully saturated rings. The third-order valence-electron chi connectivity index (χ3n) is 4.55. The van der Waals surface area contributed by atoms with Gasteiger partial charge in [0.15, 0.2) is 0 Å². The maximum Gasteiger partial charge on any atom is 0.251 e. The molecule has 162 valence electrons. The lowest BCUT2D eigenvalue weighted by atomic mass is 10.1. The molecule has 0 aliphatic heterocycles. The number of amides is 1. The molecule has 0 aliphatic carbocycles. The van der Waals surface area contributed by atoms with Gasteiger partial charge in [0, 0.05) is 32.7 Å². The quantitative estimate of drug-likeness (QED) is 0.466. The second-order valence-corrected chi connectivity index (χ2v) is 9.98. The van der Waals surface area contributed by atoms with E-state index in [1.807, 2.05) is 12.1 Å². The molecule has 0 aliphatic rings. The molecule has 31 heavy (non-hydrogen) atoms. The zero-order valence-corrected chi connectivity index (χ0v) is 19.6. The average Bonchev–Trinajstić information content (AvgIpc) is 2.72. The first-order valence-corrected chi connectivity index (χ1v) is 12.2. The molecule has 1 N–H and O–H groups in total. The predicted octanol–water partition coefficient (Wildman–Crippen LogP) is 5.54. The molecule has 3 aromatic carbocycles. The third kappa shape index (κ3) is 6.14. The number of anilines is 1. The van der Waals surface area contributed by atoms with Crippen LogP contribution >= 0.6 is 34.8 Å². The summed E-state index contributed by atoms with van der Waals surface area (Å²) in [5, 5.41) is 4.19. The molecule has 5 nitrogen and oxygen atoms in total. The van der Waals surface area contributed by atoms with Crippen molar-refractivity contribution in [2.45, 2.75) is 13.1 Å². The number of nitrogens with zero attached hydrogens (tertiary/aromatic N) is 1. The number of hydrogen-bond acceptors (Lipinski definition) is 3. The molecule has 0 spiro atoms. The van der Waals surface area contributed by atoms with E-state index in [4.69, 9.17) is 34.8 Å². The van der Waals surface area contributed by atoms with Crippen LogP contribution in [0.4, 0.5) is 5.69 Å². The van der Waals surface area contributed by atoms with Crippen LogP contribution in [-0.4, -0.2) is 20.6 Å². The van der Waals surface area contributed by atoms with Crippen LogP contribution in [0.3, 0.4) is 0 Å². The summed E-state index contributed by atoms with van der Waals surface area (Å²) in [6, 6.07) is 18.4. The monoisotopic (exact) mass is 496 g/mol. The van der Waals surface area contributed by atoms with E-state index in [1.54, 1.807) is 54.6 Å². The average molecular weight is 498 g/mol. The van der Waals surface area contributed by atoms with Crippen LogP contribution in [0.1, 0.15) is 21.5 Å². The van der Waals surface area contributed by atoms with Crippen molar-refractivity contribution in [2.24, 2.45) is 0 Å². The van der Waals surface area contributed by atoms with Crippen molar-refractivity contribution in [1.82, 2.24) is 5.32 Å². The standard InChI is InChI=1S/C22H19Cl3N2O3S/c1-31(29,30)27(14-19-20(24)3-2-4-21(19)25)18-11-7-16(8-12-18)22(28)26-13-15-5-9-17(23)10-6-15/h2-12H,13-14H2,1H3,(H,26,28). The molecule has 3 rings (SSSR count). The van der Waals surface area contributed by atoms with Gasteiger partial charge in [-0.15, -0.1) is 0 Å². The summed E-state index contributed by atoms with van der Waals surface area (Å²) in [5.74, 6) is -0.276. The Bertz CT molecular complexity index is 1160. The van der Waals surface area contributed by atoms with E-state index >= 15 is 0 Å². The molecular formula is C22H19Cl3N2O3S. The van der Waals surface area contributed by atoms with Crippen LogP contribution in [-0.2, 0) is 23.1 Å². The summed E-state index contributed by atoms with van der Waals surface area (Å²) < 4.78 is 26.0. The Morgan fingerprint density at radius 2 is 1.48 bits per heavy atom. The van der Waals surface area contributed by atoms with Gasteiger partial charge >= 0.3 is 0 Å². The third-order valence-corrected chi connectivity index (χ3v) is 6.65. The number of halogens is 3. The summed E-state index contributed by atoms with van der Waals surface area (Å²) in [6.07, 6.45) is 1.10. The highest BCUT2D eigenvalue weighted by molar-refractivity contribution is 7.92. The van der Waals surface area contributed by atoms with Crippen LogP contribution in [0.25, 0.3) is 0 Å². The number of nitrogens with one attached hydrogen (secondary N) is 1. The van der Waals surface area contributed by atoms with Gasteiger partial charge in [0.05, 0.1) is 18.5 Å². The number of benzene rings is 3. The van der Waals surface area contributed by atoms with Gasteiger partial charge in [0.2, 0.25) is 10.0 Å². The molecular weight excluding hydrogens is 479 g/mol. The molecule has 0 heterocycles. The van der Waals surface area contributed by atoms with Crippen LogP contribution in [0, 0.1) is 0 Å². The fraction of sp³-hybridized carbons (Fsp3) is 0.136. The Morgan fingerprint density at radius 1 is 0.903 bits per heavy atom. The fourth-order valence-electron chi connectivity index (χ4n) is 2.89. The first kappa shape index (κ1) is 23.4. The van der Waals surface area contributed by atoms with Gasteiger partial charge < -0.3 is 5.32 Å². The summed E-state index contributed by atoms with van der Waals surface area (Å²) in [7, 11) is -3.63. The molecule has 0 unspecified atom stereocenters. The molecule has 0 bridgehead atoms. The van der Waals surface area contributed by atoms with E-state index in [-0.39, 0.29) is 12.5 Å². The van der Waals surface area contributed by atoms with Crippen LogP contribution in [0.15, 0.2) is 66.7 Å². The molecule has 1 amide bonds. The normalized spacial score (nSPS) is 11.2. The predicted molar refractivity (Wildman–Crippen MR) is 127 cm³/mol. The lowest BCUT2D eigenvalue weighted by Gasteiger charge is -2.23. The van der Waals surface area contributed by atoms with Crippen molar-refractivity contribution >= 4 is 56.4 Å². The summed E-state index contributed by atoms with van der Waals surface area (Å²) >= 11 is 18.3. The second kappa shape index (κ2) is 9.92. The number of sulfonamides is 1. The minimum atomic E-state index is -3.63. The fourth-order valence-corrected chi connectivity index (χ4v) is 4.40. The SMILES string of the molecule is CS(=O)(=O)N(Cc1c(Cl)cccc1Cl)c1ccc(C(=O)NCc2ccc(Cl)cc2)cc1. The topological polar surface area (TPSA) is 66.5 Å². The van der Waals surface area contributed by atoms with Crippen molar-refractivity contribution in [3.8, 4) is 0 Å². The molecule has 0 saturated heterocycles. The minimum absolute atomic E-state index is 0.0283. The van der Waals surface area contributed by atoms with Gasteiger partial charge in [-0.1, -0.05) is 53.0 Å². The van der Waals surface area contributed by atoms with Crippen molar-refractivity contribution in [3.63, 3.8) is 0 Å². The van der Waals surface area contributed by atoms with Crippen molar-refractivity contribution in [1.29, 1.82) is 0 Å².